The van der Waals surface area contributed by atoms with E-state index >= 15 is 0 Å². The fourth-order valence-electron chi connectivity index (χ4n) is 2.60. The molecule has 0 aliphatic carbocycles. The highest BCUT2D eigenvalue weighted by Gasteiger charge is 2.26. The van der Waals surface area contributed by atoms with Gasteiger partial charge in [0.15, 0.2) is 0 Å². The van der Waals surface area contributed by atoms with Gasteiger partial charge in [-0.15, -0.1) is 0 Å². The van der Waals surface area contributed by atoms with Crippen LogP contribution in [0, 0.1) is 10.1 Å². The zero-order chi connectivity index (χ0) is 19.9. The van der Waals surface area contributed by atoms with E-state index < -0.39 is 4.92 Å². The van der Waals surface area contributed by atoms with E-state index in [2.05, 4.69) is 20.8 Å². The predicted octanol–water partition coefficient (Wildman–Crippen LogP) is 2.84. The Kier molecular flexibility index (Phi) is 5.75. The lowest BCUT2D eigenvalue weighted by Gasteiger charge is -2.18. The number of hydrogen-bond acceptors (Lipinski definition) is 7. The first-order chi connectivity index (χ1) is 13.6. The van der Waals surface area contributed by atoms with Crippen molar-refractivity contribution in [2.24, 2.45) is 0 Å². The van der Waals surface area contributed by atoms with Crippen LogP contribution in [-0.2, 0) is 11.2 Å². The lowest BCUT2D eigenvalue weighted by molar-refractivity contribution is -0.383. The molecule has 0 fully saturated rings. The Labute approximate surface area is 161 Å². The summed E-state index contributed by atoms with van der Waals surface area (Å²) in [6.07, 6.45) is 1.33. The van der Waals surface area contributed by atoms with Gasteiger partial charge in [0.1, 0.15) is 6.33 Å². The van der Waals surface area contributed by atoms with E-state index in [0.717, 1.165) is 11.3 Å². The summed E-state index contributed by atoms with van der Waals surface area (Å²) in [5, 5.41) is 11.7. The van der Waals surface area contributed by atoms with Crippen molar-refractivity contribution in [1.29, 1.82) is 0 Å². The fraction of sp³-hybridized carbons (Fsp3) is 0.105. The molecular formula is C19H18N6O3. The van der Waals surface area contributed by atoms with Crippen molar-refractivity contribution in [3.8, 4) is 0 Å². The van der Waals surface area contributed by atoms with Gasteiger partial charge < -0.3 is 4.90 Å². The van der Waals surface area contributed by atoms with E-state index in [4.69, 9.17) is 0 Å². The quantitative estimate of drug-likeness (QED) is 0.480. The van der Waals surface area contributed by atoms with E-state index in [-0.39, 0.29) is 29.7 Å². The van der Waals surface area contributed by atoms with Crippen LogP contribution in [0.3, 0.4) is 0 Å². The Balaban J connectivity index is 1.79. The molecule has 28 heavy (non-hydrogen) atoms. The first-order valence-corrected chi connectivity index (χ1v) is 8.43. The van der Waals surface area contributed by atoms with Crippen molar-refractivity contribution in [1.82, 2.24) is 15.4 Å². The summed E-state index contributed by atoms with van der Waals surface area (Å²) in [6.45, 7) is 0. The molecule has 0 saturated heterocycles. The molecule has 0 unspecified atom stereocenters. The molecule has 1 amide bonds. The second-order valence-electron chi connectivity index (χ2n) is 5.88. The molecule has 0 atom stereocenters. The largest absolute Gasteiger partial charge is 0.355 e. The van der Waals surface area contributed by atoms with Crippen LogP contribution in [0.5, 0.6) is 0 Å². The van der Waals surface area contributed by atoms with Crippen LogP contribution in [0.2, 0.25) is 0 Å². The first-order valence-electron chi connectivity index (χ1n) is 8.43. The van der Waals surface area contributed by atoms with Gasteiger partial charge in [0.05, 0.1) is 11.3 Å². The lowest BCUT2D eigenvalue weighted by atomic mass is 10.1. The van der Waals surface area contributed by atoms with Gasteiger partial charge in [-0.05, 0) is 17.7 Å². The monoisotopic (exact) mass is 378 g/mol. The average molecular weight is 378 g/mol. The highest BCUT2D eigenvalue weighted by molar-refractivity contribution is 5.81. The Morgan fingerprint density at radius 3 is 2.36 bits per heavy atom. The standard InChI is InChI=1S/C19H18N6O3/c1-24(15-10-6-3-7-11-15)19-17(25(27)28)18(20-13-21-19)23-22-16(26)12-14-8-4-2-5-9-14/h2-11,13H,12H2,1H3,(H,22,26)(H,20,21,23). The number of benzene rings is 2. The highest BCUT2D eigenvalue weighted by atomic mass is 16.6. The number of amides is 1. The molecule has 2 aromatic carbocycles. The summed E-state index contributed by atoms with van der Waals surface area (Å²) in [5.41, 5.74) is 6.20. The van der Waals surface area contributed by atoms with E-state index in [1.54, 1.807) is 24.1 Å². The minimum atomic E-state index is -0.583. The Bertz CT molecular complexity index is 966. The van der Waals surface area contributed by atoms with E-state index in [9.17, 15) is 14.9 Å². The summed E-state index contributed by atoms with van der Waals surface area (Å²) in [6, 6.07) is 18.3. The third-order valence-electron chi connectivity index (χ3n) is 3.97. The topological polar surface area (TPSA) is 113 Å². The molecule has 1 heterocycles. The molecule has 9 nitrogen and oxygen atoms in total. The van der Waals surface area contributed by atoms with Gasteiger partial charge in [-0.2, -0.15) is 0 Å². The molecule has 0 aliphatic rings. The van der Waals surface area contributed by atoms with Crippen LogP contribution in [0.25, 0.3) is 0 Å². The number of hydrazine groups is 1. The van der Waals surface area contributed by atoms with Crippen molar-refractivity contribution < 1.29 is 9.72 Å². The zero-order valence-corrected chi connectivity index (χ0v) is 15.1. The number of rotatable bonds is 7. The van der Waals surface area contributed by atoms with Crippen LogP contribution in [0.15, 0.2) is 67.0 Å². The third kappa shape index (κ3) is 4.39. The van der Waals surface area contributed by atoms with E-state index in [1.807, 2.05) is 48.5 Å². The molecular weight excluding hydrogens is 360 g/mol. The van der Waals surface area contributed by atoms with Gasteiger partial charge in [-0.1, -0.05) is 48.5 Å². The normalized spacial score (nSPS) is 10.2. The van der Waals surface area contributed by atoms with Gasteiger partial charge in [-0.3, -0.25) is 25.8 Å². The molecule has 0 bridgehead atoms. The molecule has 3 aromatic rings. The number of nitro groups is 1. The zero-order valence-electron chi connectivity index (χ0n) is 15.1. The minimum Gasteiger partial charge on any atom is -0.324 e. The van der Waals surface area contributed by atoms with Crippen molar-refractivity contribution in [2.45, 2.75) is 6.42 Å². The summed E-state index contributed by atoms with van der Waals surface area (Å²) >= 11 is 0. The molecule has 0 radical (unpaired) electrons. The molecule has 142 valence electrons. The van der Waals surface area contributed by atoms with Gasteiger partial charge in [-0.25, -0.2) is 9.97 Å². The van der Waals surface area contributed by atoms with Crippen molar-refractivity contribution in [3.63, 3.8) is 0 Å². The minimum absolute atomic E-state index is 0.0980. The van der Waals surface area contributed by atoms with Gasteiger partial charge in [0, 0.05) is 12.7 Å². The molecule has 0 aliphatic heterocycles. The number of carbonyl (C=O) groups is 1. The van der Waals surface area contributed by atoms with Gasteiger partial charge >= 0.3 is 5.69 Å². The second kappa shape index (κ2) is 8.58. The number of anilines is 3. The van der Waals surface area contributed by atoms with Gasteiger partial charge in [0.2, 0.25) is 17.5 Å². The molecule has 0 saturated carbocycles. The van der Waals surface area contributed by atoms with Crippen LogP contribution >= 0.6 is 0 Å². The van der Waals surface area contributed by atoms with E-state index in [1.165, 1.54) is 6.33 Å². The fourth-order valence-corrected chi connectivity index (χ4v) is 2.60. The summed E-state index contributed by atoms with van der Waals surface area (Å²) in [7, 11) is 1.67. The first kappa shape index (κ1) is 18.8. The maximum absolute atomic E-state index is 12.1. The average Bonchev–Trinajstić information content (AvgIpc) is 2.72. The molecule has 9 heteroatoms. The second-order valence-corrected chi connectivity index (χ2v) is 5.88. The van der Waals surface area contributed by atoms with Crippen molar-refractivity contribution in [2.75, 3.05) is 17.4 Å². The summed E-state index contributed by atoms with van der Waals surface area (Å²) < 4.78 is 0. The van der Waals surface area contributed by atoms with Crippen LogP contribution in [-0.4, -0.2) is 27.8 Å². The molecule has 3 rings (SSSR count). The predicted molar refractivity (Wildman–Crippen MR) is 105 cm³/mol. The maximum atomic E-state index is 12.1. The van der Waals surface area contributed by atoms with Crippen molar-refractivity contribution in [3.05, 3.63) is 82.7 Å². The molecule has 1 aromatic heterocycles. The Morgan fingerprint density at radius 1 is 1.07 bits per heavy atom. The Hall–Kier alpha value is -4.01. The van der Waals surface area contributed by atoms with Crippen LogP contribution in [0.4, 0.5) is 23.0 Å². The van der Waals surface area contributed by atoms with Crippen LogP contribution in [0.1, 0.15) is 5.56 Å². The molecule has 2 N–H and O–H groups in total. The summed E-state index contributed by atoms with van der Waals surface area (Å²) in [5.74, 6) is -0.345. The van der Waals surface area contributed by atoms with Crippen LogP contribution < -0.4 is 15.8 Å². The highest BCUT2D eigenvalue weighted by Crippen LogP contribution is 2.34. The summed E-state index contributed by atoms with van der Waals surface area (Å²) in [4.78, 5) is 32.7. The van der Waals surface area contributed by atoms with Crippen molar-refractivity contribution >= 4 is 28.9 Å². The number of hydrogen-bond donors (Lipinski definition) is 2. The molecule has 0 spiro atoms. The third-order valence-corrected chi connectivity index (χ3v) is 3.97. The van der Waals surface area contributed by atoms with Gasteiger partial charge in [0.25, 0.3) is 0 Å². The van der Waals surface area contributed by atoms with E-state index in [0.29, 0.717) is 0 Å². The maximum Gasteiger partial charge on any atom is 0.355 e. The number of nitrogens with zero attached hydrogens (tertiary/aromatic N) is 4. The smallest absolute Gasteiger partial charge is 0.324 e. The number of aromatic nitrogens is 2. The number of nitrogens with one attached hydrogen (secondary N) is 2. The lowest BCUT2D eigenvalue weighted by Crippen LogP contribution is -2.31. The number of para-hydroxylation sites is 1. The SMILES string of the molecule is CN(c1ccccc1)c1ncnc(NNC(=O)Cc2ccccc2)c1[N+](=O)[O-]. The number of carbonyl (C=O) groups excluding carboxylic acids is 1. The Morgan fingerprint density at radius 2 is 1.71 bits per heavy atom.